The predicted molar refractivity (Wildman–Crippen MR) is 120 cm³/mol. The van der Waals surface area contributed by atoms with Crippen LogP contribution < -0.4 is 4.74 Å². The lowest BCUT2D eigenvalue weighted by Gasteiger charge is -2.28. The van der Waals surface area contributed by atoms with E-state index < -0.39 is 5.60 Å². The molecule has 0 spiro atoms. The molecule has 28 heavy (non-hydrogen) atoms. The van der Waals surface area contributed by atoms with Crippen molar-refractivity contribution in [2.75, 3.05) is 13.2 Å². The van der Waals surface area contributed by atoms with Gasteiger partial charge in [0.2, 0.25) is 0 Å². The Morgan fingerprint density at radius 2 is 1.68 bits per heavy atom. The Hall–Kier alpha value is -1.76. The van der Waals surface area contributed by atoms with Crippen LogP contribution in [0.15, 0.2) is 48.5 Å². The molecule has 1 aliphatic rings. The summed E-state index contributed by atoms with van der Waals surface area (Å²) in [6.07, 6.45) is 2.60. The minimum atomic E-state index is -0.474. The van der Waals surface area contributed by atoms with Gasteiger partial charge in [-0.15, -0.1) is 0 Å². The summed E-state index contributed by atoms with van der Waals surface area (Å²) in [5.41, 5.74) is 2.08. The Bertz CT molecular complexity index is 781. The Balaban J connectivity index is 1.52. The fraction of sp³-hybridized carbons (Fsp3) is 0.435. The van der Waals surface area contributed by atoms with Gasteiger partial charge < -0.3 is 14.4 Å². The first kappa shape index (κ1) is 21.0. The second kappa shape index (κ2) is 9.16. The molecular formula is C23H28INO3. The predicted octanol–water partition coefficient (Wildman–Crippen LogP) is 5.66. The van der Waals surface area contributed by atoms with Gasteiger partial charge in [0.15, 0.2) is 0 Å². The topological polar surface area (TPSA) is 38.8 Å². The van der Waals surface area contributed by atoms with Crippen LogP contribution in [-0.2, 0) is 11.2 Å². The van der Waals surface area contributed by atoms with Crippen molar-refractivity contribution in [3.8, 4) is 5.75 Å². The molecular weight excluding hydrogens is 465 g/mol. The third-order valence-corrected chi connectivity index (χ3v) is 5.41. The molecule has 5 heteroatoms. The number of halogens is 1. The lowest BCUT2D eigenvalue weighted by Crippen LogP contribution is -2.42. The normalized spacial score (nSPS) is 16.9. The number of amides is 1. The summed E-state index contributed by atoms with van der Waals surface area (Å²) >= 11 is 2.32. The minimum Gasteiger partial charge on any atom is -0.491 e. The highest BCUT2D eigenvalue weighted by atomic mass is 127. The van der Waals surface area contributed by atoms with Crippen LogP contribution in [0.3, 0.4) is 0 Å². The molecule has 1 fully saturated rings. The first-order valence-corrected chi connectivity index (χ1v) is 10.8. The van der Waals surface area contributed by atoms with Crippen LogP contribution in [0.5, 0.6) is 5.75 Å². The number of carbonyl (C=O) groups excluding carboxylic acids is 1. The Morgan fingerprint density at radius 1 is 1.07 bits per heavy atom. The molecule has 1 aliphatic heterocycles. The lowest BCUT2D eigenvalue weighted by molar-refractivity contribution is 0.0187. The maximum Gasteiger partial charge on any atom is 0.410 e. The van der Waals surface area contributed by atoms with E-state index in [1.54, 1.807) is 4.90 Å². The molecule has 2 aromatic carbocycles. The van der Waals surface area contributed by atoms with Crippen molar-refractivity contribution in [2.24, 2.45) is 0 Å². The maximum absolute atomic E-state index is 12.4. The number of carbonyl (C=O) groups is 1. The number of hydrogen-bond acceptors (Lipinski definition) is 3. The second-order valence-electron chi connectivity index (χ2n) is 8.23. The number of hydrogen-bond donors (Lipinski definition) is 0. The maximum atomic E-state index is 12.4. The van der Waals surface area contributed by atoms with Gasteiger partial charge in [0.05, 0.1) is 6.04 Å². The highest BCUT2D eigenvalue weighted by Crippen LogP contribution is 2.23. The van der Waals surface area contributed by atoms with E-state index >= 15 is 0 Å². The van der Waals surface area contributed by atoms with Crippen molar-refractivity contribution >= 4 is 28.7 Å². The summed E-state index contributed by atoms with van der Waals surface area (Å²) in [6.45, 7) is 6.91. The average Bonchev–Trinajstić information content (AvgIpc) is 3.10. The zero-order valence-electron chi connectivity index (χ0n) is 16.8. The minimum absolute atomic E-state index is 0.0707. The summed E-state index contributed by atoms with van der Waals surface area (Å²) in [7, 11) is 0. The van der Waals surface area contributed by atoms with E-state index in [0.29, 0.717) is 6.61 Å². The first-order valence-electron chi connectivity index (χ1n) is 9.76. The molecule has 0 aliphatic carbocycles. The average molecular weight is 493 g/mol. The molecule has 150 valence electrons. The molecule has 1 amide bonds. The Labute approximate surface area is 181 Å². The summed E-state index contributed by atoms with van der Waals surface area (Å²) < 4.78 is 12.7. The van der Waals surface area contributed by atoms with Gasteiger partial charge in [0.25, 0.3) is 0 Å². The Kier molecular flexibility index (Phi) is 6.86. The number of ether oxygens (including phenoxy) is 2. The van der Waals surface area contributed by atoms with Crippen LogP contribution in [0.2, 0.25) is 0 Å². The van der Waals surface area contributed by atoms with Crippen molar-refractivity contribution in [1.82, 2.24) is 4.90 Å². The van der Waals surface area contributed by atoms with Crippen LogP contribution in [0, 0.1) is 3.57 Å². The first-order chi connectivity index (χ1) is 13.3. The molecule has 1 saturated heterocycles. The zero-order valence-corrected chi connectivity index (χ0v) is 18.9. The van der Waals surface area contributed by atoms with Crippen molar-refractivity contribution in [2.45, 2.75) is 51.7 Å². The fourth-order valence-corrected chi connectivity index (χ4v) is 3.66. The zero-order chi connectivity index (χ0) is 20.1. The molecule has 1 unspecified atom stereocenters. The van der Waals surface area contributed by atoms with Gasteiger partial charge in [-0.3, -0.25) is 0 Å². The third kappa shape index (κ3) is 6.12. The summed E-state index contributed by atoms with van der Waals surface area (Å²) in [4.78, 5) is 14.2. The molecule has 4 nitrogen and oxygen atoms in total. The second-order valence-corrected chi connectivity index (χ2v) is 9.47. The van der Waals surface area contributed by atoms with Gasteiger partial charge in [0.1, 0.15) is 18.0 Å². The van der Waals surface area contributed by atoms with E-state index in [-0.39, 0.29) is 12.1 Å². The van der Waals surface area contributed by atoms with E-state index in [9.17, 15) is 4.79 Å². The molecule has 2 aromatic rings. The van der Waals surface area contributed by atoms with E-state index in [4.69, 9.17) is 9.47 Å². The van der Waals surface area contributed by atoms with Gasteiger partial charge >= 0.3 is 6.09 Å². The van der Waals surface area contributed by atoms with Gasteiger partial charge in [0, 0.05) is 10.1 Å². The van der Waals surface area contributed by atoms with Gasteiger partial charge in [-0.25, -0.2) is 4.79 Å². The van der Waals surface area contributed by atoms with Gasteiger partial charge in [-0.2, -0.15) is 0 Å². The molecule has 0 N–H and O–H groups in total. The largest absolute Gasteiger partial charge is 0.491 e. The van der Waals surface area contributed by atoms with E-state index in [1.807, 2.05) is 32.9 Å². The number of benzene rings is 2. The van der Waals surface area contributed by atoms with E-state index in [0.717, 1.165) is 31.6 Å². The van der Waals surface area contributed by atoms with Gasteiger partial charge in [-0.05, 0) is 98.0 Å². The van der Waals surface area contributed by atoms with Crippen LogP contribution in [0.4, 0.5) is 4.79 Å². The highest BCUT2D eigenvalue weighted by molar-refractivity contribution is 14.1. The molecule has 0 bridgehead atoms. The molecule has 0 aromatic heterocycles. The molecule has 1 heterocycles. The molecule has 3 rings (SSSR count). The molecule has 0 radical (unpaired) electrons. The summed E-state index contributed by atoms with van der Waals surface area (Å²) in [5, 5.41) is 0. The van der Waals surface area contributed by atoms with Crippen LogP contribution in [0.25, 0.3) is 0 Å². The monoisotopic (exact) mass is 493 g/mol. The van der Waals surface area contributed by atoms with Gasteiger partial charge in [-0.1, -0.05) is 24.3 Å². The molecule has 1 atom stereocenters. The fourth-order valence-electron chi connectivity index (χ4n) is 3.30. The standard InChI is InChI=1S/C23H28INO3/c1-23(2,3)28-22(26)25-14-4-5-20(25)16-27-21-12-8-18(9-13-21)15-17-6-10-19(24)11-7-17/h6-13,20H,4-5,14-16H2,1-3H3. The number of rotatable bonds is 5. The van der Waals surface area contributed by atoms with Crippen LogP contribution >= 0.6 is 22.6 Å². The Morgan fingerprint density at radius 3 is 2.29 bits per heavy atom. The smallest absolute Gasteiger partial charge is 0.410 e. The highest BCUT2D eigenvalue weighted by Gasteiger charge is 2.32. The molecule has 0 saturated carbocycles. The number of likely N-dealkylation sites (tertiary alicyclic amines) is 1. The van der Waals surface area contributed by atoms with Crippen molar-refractivity contribution in [3.05, 3.63) is 63.2 Å². The van der Waals surface area contributed by atoms with Crippen molar-refractivity contribution in [1.29, 1.82) is 0 Å². The lowest BCUT2D eigenvalue weighted by atomic mass is 10.1. The number of nitrogens with zero attached hydrogens (tertiary/aromatic N) is 1. The van der Waals surface area contributed by atoms with Crippen LogP contribution in [0.1, 0.15) is 44.7 Å². The van der Waals surface area contributed by atoms with Crippen molar-refractivity contribution < 1.29 is 14.3 Å². The SMILES string of the molecule is CC(C)(C)OC(=O)N1CCCC1COc1ccc(Cc2ccc(I)cc2)cc1. The summed E-state index contributed by atoms with van der Waals surface area (Å²) in [5.74, 6) is 0.836. The third-order valence-electron chi connectivity index (χ3n) is 4.69. The van der Waals surface area contributed by atoms with E-state index in [1.165, 1.54) is 14.7 Å². The van der Waals surface area contributed by atoms with Crippen molar-refractivity contribution in [3.63, 3.8) is 0 Å². The summed E-state index contributed by atoms with van der Waals surface area (Å²) in [6, 6.07) is 16.9. The quantitative estimate of drug-likeness (QED) is 0.505. The van der Waals surface area contributed by atoms with E-state index in [2.05, 4.69) is 59.0 Å². The van der Waals surface area contributed by atoms with Crippen LogP contribution in [-0.4, -0.2) is 35.8 Å².